The van der Waals surface area contributed by atoms with Crippen molar-refractivity contribution < 1.29 is 29.0 Å². The van der Waals surface area contributed by atoms with Crippen molar-refractivity contribution >= 4 is 18.0 Å². The maximum absolute atomic E-state index is 12.4. The lowest BCUT2D eigenvalue weighted by molar-refractivity contribution is -0.158. The lowest BCUT2D eigenvalue weighted by Crippen LogP contribution is -2.47. The number of aliphatic hydroxyl groups is 1. The van der Waals surface area contributed by atoms with Crippen LogP contribution in [0.25, 0.3) is 0 Å². The van der Waals surface area contributed by atoms with Gasteiger partial charge in [-0.05, 0) is 48.0 Å². The topological polar surface area (TPSA) is 131 Å². The van der Waals surface area contributed by atoms with Crippen LogP contribution < -0.4 is 11.2 Å². The van der Waals surface area contributed by atoms with E-state index in [1.54, 1.807) is 41.5 Å². The van der Waals surface area contributed by atoms with E-state index >= 15 is 0 Å². The van der Waals surface area contributed by atoms with Crippen molar-refractivity contribution in [3.8, 4) is 0 Å². The van der Waals surface area contributed by atoms with Gasteiger partial charge in [-0.2, -0.15) is 0 Å². The number of ether oxygens (including phenoxy) is 2. The summed E-state index contributed by atoms with van der Waals surface area (Å²) in [7, 11) is 0. The normalized spacial score (nSPS) is 22.6. The fourth-order valence-electron chi connectivity index (χ4n) is 2.34. The monoisotopic (exact) mass is 359 g/mol. The molecule has 0 aromatic heterocycles. The third-order valence-electron chi connectivity index (χ3n) is 3.32. The Balaban J connectivity index is 2.86. The second kappa shape index (κ2) is 7.57. The van der Waals surface area contributed by atoms with Gasteiger partial charge in [0.05, 0.1) is 0 Å². The number of nitrogens with one attached hydrogen (secondary N) is 1. The molecule has 0 radical (unpaired) electrons. The average Bonchev–Trinajstić information content (AvgIpc) is 2.61. The summed E-state index contributed by atoms with van der Waals surface area (Å²) >= 11 is 0. The number of aliphatic hydroxyl groups excluding tert-OH is 1. The second-order valence-corrected chi connectivity index (χ2v) is 8.13. The van der Waals surface area contributed by atoms with Crippen LogP contribution in [-0.2, 0) is 19.1 Å². The van der Waals surface area contributed by atoms with E-state index < -0.39 is 47.4 Å². The molecule has 0 saturated carbocycles. The summed E-state index contributed by atoms with van der Waals surface area (Å²) in [6, 6.07) is -1.10. The lowest BCUT2D eigenvalue weighted by atomic mass is 9.98. The number of hydrogen-bond acceptors (Lipinski definition) is 7. The third-order valence-corrected chi connectivity index (χ3v) is 3.32. The van der Waals surface area contributed by atoms with Gasteiger partial charge in [-0.15, -0.1) is 0 Å². The number of rotatable bonds is 4. The van der Waals surface area contributed by atoms with Crippen LogP contribution in [-0.4, -0.2) is 51.6 Å². The van der Waals surface area contributed by atoms with Crippen molar-refractivity contribution in [3.63, 3.8) is 0 Å². The highest BCUT2D eigenvalue weighted by Gasteiger charge is 2.41. The van der Waals surface area contributed by atoms with E-state index in [0.29, 0.717) is 0 Å². The van der Waals surface area contributed by atoms with Gasteiger partial charge in [0.2, 0.25) is 5.91 Å². The summed E-state index contributed by atoms with van der Waals surface area (Å²) in [6.45, 7) is 10.2. The molecule has 1 aliphatic rings. The highest BCUT2D eigenvalue weighted by atomic mass is 16.6. The van der Waals surface area contributed by atoms with E-state index in [-0.39, 0.29) is 12.8 Å². The summed E-state index contributed by atoms with van der Waals surface area (Å²) < 4.78 is 10.5. The van der Waals surface area contributed by atoms with Crippen LogP contribution in [0.3, 0.4) is 0 Å². The van der Waals surface area contributed by atoms with E-state index in [9.17, 15) is 19.5 Å². The minimum absolute atomic E-state index is 0.0439. The Morgan fingerprint density at radius 3 is 2.16 bits per heavy atom. The molecule has 1 heterocycles. The molecule has 0 spiro atoms. The first-order valence-electron chi connectivity index (χ1n) is 8.18. The van der Waals surface area contributed by atoms with Crippen molar-refractivity contribution in [2.24, 2.45) is 11.8 Å². The Labute approximate surface area is 147 Å². The molecule has 144 valence electrons. The van der Waals surface area contributed by atoms with Crippen molar-refractivity contribution in [3.05, 3.63) is 0 Å². The number of nitrogens with two attached hydrogens (primary N) is 1. The largest absolute Gasteiger partial charge is 0.458 e. The Hall–Kier alpha value is -1.87. The number of nitrogens with zero attached hydrogens (tertiary/aromatic N) is 1. The van der Waals surface area contributed by atoms with Crippen LogP contribution in [0.5, 0.6) is 0 Å². The molecule has 1 saturated heterocycles. The molecule has 0 bridgehead atoms. The minimum atomic E-state index is -1.11. The highest BCUT2D eigenvalue weighted by Crippen LogP contribution is 2.25. The summed E-state index contributed by atoms with van der Waals surface area (Å²) in [6.07, 6.45) is -1.88. The predicted octanol–water partition coefficient (Wildman–Crippen LogP) is 0.652. The molecule has 2 amide bonds. The van der Waals surface area contributed by atoms with Crippen molar-refractivity contribution in [2.45, 2.75) is 77.9 Å². The first-order valence-corrected chi connectivity index (χ1v) is 8.18. The maximum Gasteiger partial charge on any atom is 0.408 e. The molecule has 0 aromatic rings. The van der Waals surface area contributed by atoms with Gasteiger partial charge in [-0.1, -0.05) is 0 Å². The molecule has 4 N–H and O–H groups in total. The van der Waals surface area contributed by atoms with Crippen LogP contribution in [0.15, 0.2) is 0 Å². The van der Waals surface area contributed by atoms with Crippen LogP contribution in [0.1, 0.15) is 54.4 Å². The molecular formula is C16H29N3O6. The standard InChI is InChI=1S/C16H29N3O6/c1-15(2,3)24-13(22)10(18-14(23)25-16(4,5)6)7-9-8-11(20)19(17)12(9)21/h9-11,20H,7-8,17H2,1-6H3,(H,18,23)/t9-,10+,11?/m1/s1. The fourth-order valence-corrected chi connectivity index (χ4v) is 2.34. The van der Waals surface area contributed by atoms with E-state index in [4.69, 9.17) is 15.3 Å². The molecule has 9 nitrogen and oxygen atoms in total. The summed E-state index contributed by atoms with van der Waals surface area (Å²) in [5, 5.41) is 12.8. The predicted molar refractivity (Wildman–Crippen MR) is 88.8 cm³/mol. The van der Waals surface area contributed by atoms with Crippen molar-refractivity contribution in [1.29, 1.82) is 0 Å². The number of hydrogen-bond donors (Lipinski definition) is 3. The van der Waals surface area contributed by atoms with E-state index in [0.717, 1.165) is 5.01 Å². The Kier molecular flexibility index (Phi) is 6.41. The number of alkyl carbamates (subject to hydrolysis) is 1. The molecule has 3 atom stereocenters. The molecule has 25 heavy (non-hydrogen) atoms. The molecule has 1 unspecified atom stereocenters. The number of esters is 1. The maximum atomic E-state index is 12.4. The molecular weight excluding hydrogens is 330 g/mol. The zero-order valence-corrected chi connectivity index (χ0v) is 15.7. The van der Waals surface area contributed by atoms with Gasteiger partial charge in [-0.25, -0.2) is 15.4 Å². The SMILES string of the molecule is CC(C)(C)OC(=O)N[C@@H](C[C@@H]1CC(O)N(N)C1=O)C(=O)OC(C)(C)C. The molecule has 1 fully saturated rings. The van der Waals surface area contributed by atoms with E-state index in [1.807, 2.05) is 0 Å². The van der Waals surface area contributed by atoms with Gasteiger partial charge in [0.25, 0.3) is 0 Å². The summed E-state index contributed by atoms with van der Waals surface area (Å²) in [5.74, 6) is 3.58. The number of carbonyl (C=O) groups excluding carboxylic acids is 3. The van der Waals surface area contributed by atoms with Crippen LogP contribution in [0, 0.1) is 5.92 Å². The van der Waals surface area contributed by atoms with Crippen molar-refractivity contribution in [2.75, 3.05) is 0 Å². The Morgan fingerprint density at radius 1 is 1.24 bits per heavy atom. The van der Waals surface area contributed by atoms with Gasteiger partial charge in [0, 0.05) is 12.3 Å². The fraction of sp³-hybridized carbons (Fsp3) is 0.812. The van der Waals surface area contributed by atoms with Crippen LogP contribution in [0.4, 0.5) is 4.79 Å². The van der Waals surface area contributed by atoms with Gasteiger partial charge < -0.3 is 19.9 Å². The zero-order chi connectivity index (χ0) is 19.6. The van der Waals surface area contributed by atoms with Gasteiger partial charge >= 0.3 is 12.1 Å². The lowest BCUT2D eigenvalue weighted by Gasteiger charge is -2.27. The first-order chi connectivity index (χ1) is 11.2. The third kappa shape index (κ3) is 6.87. The highest BCUT2D eigenvalue weighted by molar-refractivity contribution is 5.84. The minimum Gasteiger partial charge on any atom is -0.458 e. The summed E-state index contributed by atoms with van der Waals surface area (Å²) in [4.78, 5) is 36.4. The number of carbonyl (C=O) groups is 3. The smallest absolute Gasteiger partial charge is 0.408 e. The summed E-state index contributed by atoms with van der Waals surface area (Å²) in [5.41, 5.74) is -1.50. The second-order valence-electron chi connectivity index (χ2n) is 8.13. The van der Waals surface area contributed by atoms with Crippen molar-refractivity contribution in [1.82, 2.24) is 10.3 Å². The number of amides is 2. The number of hydrazine groups is 1. The quantitative estimate of drug-likeness (QED) is 0.381. The molecule has 0 aliphatic carbocycles. The van der Waals surface area contributed by atoms with E-state index in [1.165, 1.54) is 0 Å². The van der Waals surface area contributed by atoms with Gasteiger partial charge in [0.1, 0.15) is 23.5 Å². The molecule has 1 rings (SSSR count). The van der Waals surface area contributed by atoms with Gasteiger partial charge in [-0.3, -0.25) is 9.80 Å². The first kappa shape index (κ1) is 21.2. The Bertz CT molecular complexity index is 523. The van der Waals surface area contributed by atoms with Crippen LogP contribution >= 0.6 is 0 Å². The molecule has 1 aliphatic heterocycles. The zero-order valence-electron chi connectivity index (χ0n) is 15.7. The van der Waals surface area contributed by atoms with Gasteiger partial charge in [0.15, 0.2) is 0 Å². The molecule has 0 aromatic carbocycles. The molecule has 9 heteroatoms. The van der Waals surface area contributed by atoms with E-state index in [2.05, 4.69) is 5.32 Å². The van der Waals surface area contributed by atoms with Crippen LogP contribution in [0.2, 0.25) is 0 Å². The Morgan fingerprint density at radius 2 is 1.76 bits per heavy atom. The average molecular weight is 359 g/mol.